The molecule has 1 saturated heterocycles. The smallest absolute Gasteiger partial charge is 0.302 e. The van der Waals surface area contributed by atoms with Crippen molar-refractivity contribution in [3.8, 4) is 0 Å². The number of nitrogen functional groups attached to an aromatic ring is 2. The van der Waals surface area contributed by atoms with Gasteiger partial charge in [-0.05, 0) is 15.4 Å². The first-order valence-electron chi connectivity index (χ1n) is 13.4. The third-order valence-corrected chi connectivity index (χ3v) is 12.5. The number of fused-ring (bicyclic) bond motifs is 1. The average molecular weight is 561 g/mol. The topological polar surface area (TPSA) is 140 Å². The number of aromatic nitrogens is 4. The van der Waals surface area contributed by atoms with Crippen LogP contribution < -0.4 is 21.8 Å². The number of esters is 1. The van der Waals surface area contributed by atoms with Crippen LogP contribution in [-0.2, 0) is 18.7 Å². The minimum absolute atomic E-state index is 0.0628. The maximum Gasteiger partial charge on any atom is 0.302 e. The lowest BCUT2D eigenvalue weighted by molar-refractivity contribution is -0.143. The Morgan fingerprint density at radius 3 is 2.23 bits per heavy atom. The Morgan fingerprint density at radius 1 is 1.02 bits per heavy atom. The van der Waals surface area contributed by atoms with Gasteiger partial charge < -0.3 is 25.4 Å². The highest BCUT2D eigenvalue weighted by molar-refractivity contribution is 6.99. The van der Waals surface area contributed by atoms with E-state index >= 15 is 0 Å². The number of anilines is 2. The predicted molar refractivity (Wildman–Crippen MR) is 156 cm³/mol. The monoisotopic (exact) mass is 560 g/mol. The van der Waals surface area contributed by atoms with Gasteiger partial charge in [-0.1, -0.05) is 81.4 Å². The molecule has 2 aromatic carbocycles. The van der Waals surface area contributed by atoms with E-state index in [0.29, 0.717) is 24.2 Å². The minimum Gasteiger partial charge on any atom is -0.465 e. The Kier molecular flexibility index (Phi) is 7.63. The molecule has 1 aliphatic rings. The number of nitrogens with two attached hydrogens (primary N) is 2. The van der Waals surface area contributed by atoms with Crippen LogP contribution in [-0.4, -0.2) is 53.1 Å². The molecular weight excluding hydrogens is 524 g/mol. The van der Waals surface area contributed by atoms with E-state index in [0.717, 1.165) is 0 Å². The normalized spacial score (nSPS) is 19.6. The van der Waals surface area contributed by atoms with Crippen LogP contribution in [0.3, 0.4) is 0 Å². The molecule has 4 aromatic rings. The number of rotatable bonds is 8. The third-order valence-electron chi connectivity index (χ3n) is 7.52. The van der Waals surface area contributed by atoms with Gasteiger partial charge in [-0.3, -0.25) is 9.36 Å². The highest BCUT2D eigenvalue weighted by atomic mass is 28.4. The zero-order valence-electron chi connectivity index (χ0n) is 23.3. The first-order chi connectivity index (χ1) is 19.1. The number of carbonyl (C=O) groups excluding carboxylic acids is 1. The second-order valence-electron chi connectivity index (χ2n) is 11.2. The SMILES string of the molecule is CC(=O)OC[C@H]1C[C@H](n2cnc3c(N)nc(N)nc32)OC1CO[Si](c1ccccc1)(c1ccccc1)C(C)(C)C. The summed E-state index contributed by atoms with van der Waals surface area (Å²) in [5.74, 6) is -0.173. The highest BCUT2D eigenvalue weighted by Gasteiger charge is 2.51. The van der Waals surface area contributed by atoms with Crippen molar-refractivity contribution in [3.63, 3.8) is 0 Å². The van der Waals surface area contributed by atoms with E-state index in [9.17, 15) is 4.79 Å². The Morgan fingerprint density at radius 2 is 1.65 bits per heavy atom. The summed E-state index contributed by atoms with van der Waals surface area (Å²) in [5, 5.41) is 2.18. The van der Waals surface area contributed by atoms with Crippen LogP contribution in [0.25, 0.3) is 11.2 Å². The summed E-state index contributed by atoms with van der Waals surface area (Å²) in [5.41, 5.74) is 12.9. The van der Waals surface area contributed by atoms with Crippen molar-refractivity contribution in [2.45, 2.75) is 51.5 Å². The van der Waals surface area contributed by atoms with Crippen molar-refractivity contribution in [2.24, 2.45) is 5.92 Å². The van der Waals surface area contributed by atoms with Crippen molar-refractivity contribution < 1.29 is 18.7 Å². The maximum absolute atomic E-state index is 11.7. The van der Waals surface area contributed by atoms with Gasteiger partial charge in [-0.2, -0.15) is 9.97 Å². The van der Waals surface area contributed by atoms with Gasteiger partial charge >= 0.3 is 5.97 Å². The molecule has 3 heterocycles. The van der Waals surface area contributed by atoms with Crippen molar-refractivity contribution in [1.29, 1.82) is 0 Å². The van der Waals surface area contributed by atoms with Crippen LogP contribution in [0.15, 0.2) is 67.0 Å². The largest absolute Gasteiger partial charge is 0.465 e. The maximum atomic E-state index is 11.7. The quantitative estimate of drug-likeness (QED) is 0.246. The fourth-order valence-electron chi connectivity index (χ4n) is 5.67. The molecule has 5 rings (SSSR count). The molecule has 210 valence electrons. The van der Waals surface area contributed by atoms with Gasteiger partial charge in [-0.15, -0.1) is 0 Å². The van der Waals surface area contributed by atoms with Crippen LogP contribution >= 0.6 is 0 Å². The molecule has 0 bridgehead atoms. The summed E-state index contributed by atoms with van der Waals surface area (Å²) in [6, 6.07) is 20.9. The molecule has 0 saturated carbocycles. The molecule has 11 heteroatoms. The zero-order chi connectivity index (χ0) is 28.5. The average Bonchev–Trinajstić information content (AvgIpc) is 3.52. The molecule has 0 aliphatic carbocycles. The number of ether oxygens (including phenoxy) is 2. The highest BCUT2D eigenvalue weighted by Crippen LogP contribution is 2.40. The number of imidazole rings is 1. The van der Waals surface area contributed by atoms with Crippen LogP contribution in [0.2, 0.25) is 5.04 Å². The lowest BCUT2D eigenvalue weighted by Gasteiger charge is -2.43. The van der Waals surface area contributed by atoms with Gasteiger partial charge in [-0.25, -0.2) is 4.98 Å². The van der Waals surface area contributed by atoms with Gasteiger partial charge in [0.05, 0.1) is 25.6 Å². The Bertz CT molecular complexity index is 1440. The van der Waals surface area contributed by atoms with Crippen LogP contribution in [0, 0.1) is 5.92 Å². The molecule has 4 N–H and O–H groups in total. The lowest BCUT2D eigenvalue weighted by Crippen LogP contribution is -2.67. The molecule has 0 radical (unpaired) electrons. The summed E-state index contributed by atoms with van der Waals surface area (Å²) in [6.45, 7) is 8.65. The Labute approximate surface area is 234 Å². The van der Waals surface area contributed by atoms with Gasteiger partial charge in [0.1, 0.15) is 11.7 Å². The predicted octanol–water partition coefficient (Wildman–Crippen LogP) is 3.03. The number of nitrogens with zero attached hydrogens (tertiary/aromatic N) is 4. The Balaban J connectivity index is 1.50. The zero-order valence-corrected chi connectivity index (χ0v) is 24.3. The fourth-order valence-corrected chi connectivity index (χ4v) is 10.2. The van der Waals surface area contributed by atoms with E-state index in [-0.39, 0.29) is 41.4 Å². The summed E-state index contributed by atoms with van der Waals surface area (Å²) in [7, 11) is -2.80. The van der Waals surface area contributed by atoms with E-state index in [1.54, 1.807) is 6.33 Å². The molecule has 1 aliphatic heterocycles. The van der Waals surface area contributed by atoms with E-state index in [4.69, 9.17) is 25.4 Å². The molecule has 2 aromatic heterocycles. The van der Waals surface area contributed by atoms with Crippen molar-refractivity contribution in [3.05, 3.63) is 67.0 Å². The molecule has 3 atom stereocenters. The Hall–Kier alpha value is -3.80. The summed E-state index contributed by atoms with van der Waals surface area (Å²) < 4.78 is 21.0. The molecule has 40 heavy (non-hydrogen) atoms. The molecule has 0 spiro atoms. The molecular formula is C29H36N6O4Si. The molecule has 1 fully saturated rings. The second kappa shape index (κ2) is 11.0. The first-order valence-corrected chi connectivity index (χ1v) is 15.3. The number of carbonyl (C=O) groups is 1. The van der Waals surface area contributed by atoms with Crippen molar-refractivity contribution >= 4 is 47.6 Å². The van der Waals surface area contributed by atoms with Gasteiger partial charge in [0, 0.05) is 19.3 Å². The second-order valence-corrected chi connectivity index (χ2v) is 15.5. The van der Waals surface area contributed by atoms with Crippen LogP contribution in [0.5, 0.6) is 0 Å². The van der Waals surface area contributed by atoms with Crippen LogP contribution in [0.1, 0.15) is 40.3 Å². The first kappa shape index (κ1) is 27.8. The fraction of sp³-hybridized carbons (Fsp3) is 0.379. The van der Waals surface area contributed by atoms with E-state index in [1.165, 1.54) is 17.3 Å². The van der Waals surface area contributed by atoms with Gasteiger partial charge in [0.25, 0.3) is 8.32 Å². The van der Waals surface area contributed by atoms with E-state index in [1.807, 2.05) is 16.7 Å². The number of hydrogen-bond donors (Lipinski definition) is 2. The minimum atomic E-state index is -2.80. The summed E-state index contributed by atoms with van der Waals surface area (Å²) >= 11 is 0. The van der Waals surface area contributed by atoms with Gasteiger partial charge in [0.2, 0.25) is 5.95 Å². The van der Waals surface area contributed by atoms with Crippen molar-refractivity contribution in [2.75, 3.05) is 24.7 Å². The number of benzene rings is 2. The molecule has 10 nitrogen and oxygen atoms in total. The lowest BCUT2D eigenvalue weighted by atomic mass is 10.0. The molecule has 1 unspecified atom stereocenters. The number of hydrogen-bond acceptors (Lipinski definition) is 9. The third kappa shape index (κ3) is 5.19. The van der Waals surface area contributed by atoms with E-state index < -0.39 is 14.5 Å². The standard InChI is InChI=1S/C29H36N6O4Si/c1-19(36)37-16-20-15-24(35-18-32-25-26(30)33-28(31)34-27(25)35)39-23(20)17-38-40(29(2,3)4,21-11-7-5-8-12-21)22-13-9-6-10-14-22/h5-14,18,20,23-24H,15-17H2,1-4H3,(H4,30,31,33,34)/t20-,23?,24-/m1/s1. The summed E-state index contributed by atoms with van der Waals surface area (Å²) in [4.78, 5) is 24.5. The summed E-state index contributed by atoms with van der Waals surface area (Å²) in [6.07, 6.45) is 1.43. The van der Waals surface area contributed by atoms with Crippen LogP contribution in [0.4, 0.5) is 11.8 Å². The van der Waals surface area contributed by atoms with E-state index in [2.05, 4.69) is 84.3 Å². The molecule has 0 amide bonds. The van der Waals surface area contributed by atoms with Gasteiger partial charge in [0.15, 0.2) is 11.5 Å². The van der Waals surface area contributed by atoms with Crippen molar-refractivity contribution in [1.82, 2.24) is 19.5 Å².